The molecule has 98 valence electrons. The van der Waals surface area contributed by atoms with Crippen molar-refractivity contribution in [3.8, 4) is 11.5 Å². The predicted molar refractivity (Wildman–Crippen MR) is 73.0 cm³/mol. The van der Waals surface area contributed by atoms with Crippen LogP contribution in [0, 0.1) is 0 Å². The Labute approximate surface area is 119 Å². The van der Waals surface area contributed by atoms with Crippen molar-refractivity contribution in [1.29, 1.82) is 0 Å². The number of hydrogen-bond acceptors (Lipinski definition) is 6. The second-order valence-electron chi connectivity index (χ2n) is 3.79. The van der Waals surface area contributed by atoms with Gasteiger partial charge in [0.15, 0.2) is 11.5 Å². The summed E-state index contributed by atoms with van der Waals surface area (Å²) in [4.78, 5) is 8.89. The molecular formula is C12H10ClN3O2S. The zero-order valence-electron chi connectivity index (χ0n) is 9.80. The number of fused-ring (bicyclic) bond motifs is 1. The van der Waals surface area contributed by atoms with E-state index >= 15 is 0 Å². The summed E-state index contributed by atoms with van der Waals surface area (Å²) in [6.07, 6.45) is 1.39. The maximum Gasteiger partial charge on any atom is 0.162 e. The molecule has 0 saturated heterocycles. The molecule has 0 atom stereocenters. The first-order valence-electron chi connectivity index (χ1n) is 5.57. The van der Waals surface area contributed by atoms with Gasteiger partial charge in [0, 0.05) is 4.90 Å². The van der Waals surface area contributed by atoms with E-state index in [1.54, 1.807) is 0 Å². The summed E-state index contributed by atoms with van der Waals surface area (Å²) in [6.45, 7) is 1.14. The number of rotatable bonds is 2. The summed E-state index contributed by atoms with van der Waals surface area (Å²) in [7, 11) is 0. The van der Waals surface area contributed by atoms with Crippen molar-refractivity contribution in [2.24, 2.45) is 0 Å². The van der Waals surface area contributed by atoms with E-state index in [0.717, 1.165) is 16.4 Å². The first-order chi connectivity index (χ1) is 9.24. The van der Waals surface area contributed by atoms with Gasteiger partial charge in [-0.2, -0.15) is 0 Å². The van der Waals surface area contributed by atoms with E-state index in [9.17, 15) is 0 Å². The molecular weight excluding hydrogens is 286 g/mol. The van der Waals surface area contributed by atoms with Crippen molar-refractivity contribution in [3.63, 3.8) is 0 Å². The maximum atomic E-state index is 6.06. The zero-order valence-corrected chi connectivity index (χ0v) is 11.4. The number of benzene rings is 1. The number of nitrogen functional groups attached to an aromatic ring is 1. The first-order valence-corrected chi connectivity index (χ1v) is 6.77. The lowest BCUT2D eigenvalue weighted by Gasteiger charge is -2.18. The van der Waals surface area contributed by atoms with E-state index in [4.69, 9.17) is 26.8 Å². The molecule has 2 aromatic rings. The van der Waals surface area contributed by atoms with Crippen LogP contribution in [0.1, 0.15) is 0 Å². The van der Waals surface area contributed by atoms with Crippen LogP contribution in [0.25, 0.3) is 0 Å². The molecule has 2 heterocycles. The number of aromatic nitrogens is 2. The number of anilines is 1. The summed E-state index contributed by atoms with van der Waals surface area (Å²) in [6, 6.07) is 5.69. The minimum Gasteiger partial charge on any atom is -0.486 e. The number of nitrogens with zero attached hydrogens (tertiary/aromatic N) is 2. The average Bonchev–Trinajstić information content (AvgIpc) is 2.44. The second-order valence-corrected chi connectivity index (χ2v) is 5.23. The number of ether oxygens (including phenoxy) is 2. The fourth-order valence-electron chi connectivity index (χ4n) is 1.64. The van der Waals surface area contributed by atoms with E-state index in [1.807, 2.05) is 18.2 Å². The lowest BCUT2D eigenvalue weighted by molar-refractivity contribution is 0.171. The topological polar surface area (TPSA) is 70.3 Å². The molecule has 19 heavy (non-hydrogen) atoms. The molecule has 1 aromatic heterocycles. The monoisotopic (exact) mass is 295 g/mol. The quantitative estimate of drug-likeness (QED) is 0.859. The van der Waals surface area contributed by atoms with Crippen molar-refractivity contribution < 1.29 is 9.47 Å². The lowest BCUT2D eigenvalue weighted by Crippen LogP contribution is -2.15. The molecule has 0 bridgehead atoms. The normalized spacial score (nSPS) is 13.3. The predicted octanol–water partition coefficient (Wildman–Crippen LogP) is 2.63. The van der Waals surface area contributed by atoms with Gasteiger partial charge in [-0.1, -0.05) is 23.4 Å². The molecule has 0 aliphatic carbocycles. The molecule has 5 nitrogen and oxygen atoms in total. The second kappa shape index (κ2) is 5.14. The van der Waals surface area contributed by atoms with Gasteiger partial charge in [-0.25, -0.2) is 9.97 Å². The lowest BCUT2D eigenvalue weighted by atomic mass is 10.3. The maximum absolute atomic E-state index is 6.06. The molecule has 1 aliphatic rings. The Morgan fingerprint density at radius 1 is 1.16 bits per heavy atom. The molecule has 1 aliphatic heterocycles. The third-order valence-electron chi connectivity index (χ3n) is 2.51. The SMILES string of the molecule is Nc1ncnc(Sc2ccc3c(c2)OCCO3)c1Cl. The minimum atomic E-state index is 0.275. The van der Waals surface area contributed by atoms with E-state index < -0.39 is 0 Å². The van der Waals surface area contributed by atoms with Crippen LogP contribution in [0.5, 0.6) is 11.5 Å². The third-order valence-corrected chi connectivity index (χ3v) is 3.99. The summed E-state index contributed by atoms with van der Waals surface area (Å²) >= 11 is 7.46. The summed E-state index contributed by atoms with van der Waals surface area (Å²) in [5.41, 5.74) is 5.64. The fraction of sp³-hybridized carbons (Fsp3) is 0.167. The number of hydrogen-bond donors (Lipinski definition) is 1. The van der Waals surface area contributed by atoms with Gasteiger partial charge < -0.3 is 15.2 Å². The average molecular weight is 296 g/mol. The smallest absolute Gasteiger partial charge is 0.162 e. The van der Waals surface area contributed by atoms with Gasteiger partial charge in [-0.05, 0) is 18.2 Å². The van der Waals surface area contributed by atoms with Crippen LogP contribution in [0.15, 0.2) is 34.4 Å². The molecule has 0 saturated carbocycles. The number of halogens is 1. The zero-order chi connectivity index (χ0) is 13.2. The van der Waals surface area contributed by atoms with Gasteiger partial charge in [0.25, 0.3) is 0 Å². The standard InChI is InChI=1S/C12H10ClN3O2S/c13-10-11(14)15-6-16-12(10)19-7-1-2-8-9(5-7)18-4-3-17-8/h1-2,5-6H,3-4H2,(H2,14,15,16). The Kier molecular flexibility index (Phi) is 3.35. The van der Waals surface area contributed by atoms with Gasteiger partial charge in [0.05, 0.1) is 0 Å². The summed E-state index contributed by atoms with van der Waals surface area (Å²) in [5, 5.41) is 0.980. The summed E-state index contributed by atoms with van der Waals surface area (Å²) in [5.74, 6) is 1.76. The van der Waals surface area contributed by atoms with Crippen LogP contribution >= 0.6 is 23.4 Å². The third kappa shape index (κ3) is 2.54. The van der Waals surface area contributed by atoms with Crippen molar-refractivity contribution in [2.75, 3.05) is 18.9 Å². The molecule has 0 unspecified atom stereocenters. The largest absolute Gasteiger partial charge is 0.486 e. The Morgan fingerprint density at radius 3 is 2.79 bits per heavy atom. The van der Waals surface area contributed by atoms with Gasteiger partial charge in [-0.15, -0.1) is 0 Å². The molecule has 0 radical (unpaired) electrons. The van der Waals surface area contributed by atoms with Crippen molar-refractivity contribution in [2.45, 2.75) is 9.92 Å². The van der Waals surface area contributed by atoms with E-state index in [2.05, 4.69) is 9.97 Å². The Morgan fingerprint density at radius 2 is 1.95 bits per heavy atom. The highest BCUT2D eigenvalue weighted by Gasteiger charge is 2.14. The molecule has 1 aromatic carbocycles. The molecule has 7 heteroatoms. The van der Waals surface area contributed by atoms with Gasteiger partial charge in [-0.3, -0.25) is 0 Å². The highest BCUT2D eigenvalue weighted by molar-refractivity contribution is 7.99. The van der Waals surface area contributed by atoms with E-state index in [1.165, 1.54) is 18.1 Å². The number of nitrogens with two attached hydrogens (primary N) is 1. The van der Waals surface area contributed by atoms with Crippen LogP contribution in [0.4, 0.5) is 5.82 Å². The molecule has 0 spiro atoms. The van der Waals surface area contributed by atoms with E-state index in [0.29, 0.717) is 23.3 Å². The van der Waals surface area contributed by atoms with Gasteiger partial charge in [0.1, 0.15) is 35.4 Å². The van der Waals surface area contributed by atoms with Gasteiger partial charge in [0.2, 0.25) is 0 Å². The molecule has 2 N–H and O–H groups in total. The van der Waals surface area contributed by atoms with Crippen LogP contribution in [0.3, 0.4) is 0 Å². The van der Waals surface area contributed by atoms with Crippen molar-refractivity contribution in [1.82, 2.24) is 9.97 Å². The molecule has 0 amide bonds. The Bertz CT molecular complexity index is 624. The highest BCUT2D eigenvalue weighted by atomic mass is 35.5. The van der Waals surface area contributed by atoms with Crippen LogP contribution in [-0.2, 0) is 0 Å². The highest BCUT2D eigenvalue weighted by Crippen LogP contribution is 2.38. The minimum absolute atomic E-state index is 0.275. The van der Waals surface area contributed by atoms with Crippen LogP contribution < -0.4 is 15.2 Å². The summed E-state index contributed by atoms with van der Waals surface area (Å²) < 4.78 is 11.0. The van der Waals surface area contributed by atoms with E-state index in [-0.39, 0.29) is 5.82 Å². The van der Waals surface area contributed by atoms with Crippen LogP contribution in [0.2, 0.25) is 5.02 Å². The van der Waals surface area contributed by atoms with Gasteiger partial charge >= 0.3 is 0 Å². The molecule has 0 fully saturated rings. The van der Waals surface area contributed by atoms with Crippen molar-refractivity contribution >= 4 is 29.2 Å². The Hall–Kier alpha value is -1.66. The fourth-order valence-corrected chi connectivity index (χ4v) is 2.67. The first kappa shape index (κ1) is 12.4. The Balaban J connectivity index is 1.89. The molecule has 3 rings (SSSR count). The van der Waals surface area contributed by atoms with Crippen molar-refractivity contribution in [3.05, 3.63) is 29.5 Å². The van der Waals surface area contributed by atoms with Crippen LogP contribution in [-0.4, -0.2) is 23.2 Å².